The van der Waals surface area contributed by atoms with Gasteiger partial charge in [0.1, 0.15) is 5.75 Å². The van der Waals surface area contributed by atoms with Gasteiger partial charge in [-0.1, -0.05) is 26.0 Å². The highest BCUT2D eigenvalue weighted by Crippen LogP contribution is 2.25. The maximum absolute atomic E-state index is 11.2. The van der Waals surface area contributed by atoms with Crippen LogP contribution in [-0.4, -0.2) is 25.6 Å². The van der Waals surface area contributed by atoms with Crippen molar-refractivity contribution < 1.29 is 9.53 Å². The molecule has 0 unspecified atom stereocenters. The van der Waals surface area contributed by atoms with Crippen molar-refractivity contribution in [2.45, 2.75) is 53.1 Å². The van der Waals surface area contributed by atoms with Gasteiger partial charge in [0.25, 0.3) is 0 Å². The molecule has 118 valence electrons. The number of carbonyl (C=O) groups is 1. The third-order valence-electron chi connectivity index (χ3n) is 3.31. The molecule has 0 aliphatic heterocycles. The Balaban J connectivity index is 2.57. The van der Waals surface area contributed by atoms with E-state index in [1.165, 1.54) is 5.56 Å². The van der Waals surface area contributed by atoms with E-state index >= 15 is 0 Å². The van der Waals surface area contributed by atoms with Gasteiger partial charge in [0.15, 0.2) is 0 Å². The lowest BCUT2D eigenvalue weighted by Gasteiger charge is -2.15. The zero-order valence-corrected chi connectivity index (χ0v) is 13.9. The Morgan fingerprint density at radius 2 is 1.86 bits per heavy atom. The summed E-state index contributed by atoms with van der Waals surface area (Å²) in [5.41, 5.74) is 3.57. The van der Waals surface area contributed by atoms with Crippen LogP contribution in [0.25, 0.3) is 0 Å². The average Bonchev–Trinajstić information content (AvgIpc) is 2.43. The van der Waals surface area contributed by atoms with Gasteiger partial charge in [-0.25, -0.2) is 0 Å². The van der Waals surface area contributed by atoms with Gasteiger partial charge in [-0.05, 0) is 37.0 Å². The number of rotatable bonds is 8. The third-order valence-corrected chi connectivity index (χ3v) is 3.31. The highest BCUT2D eigenvalue weighted by atomic mass is 16.5. The summed E-state index contributed by atoms with van der Waals surface area (Å²) in [5, 5.41) is 6.04. The number of ether oxygens (including phenoxy) is 1. The molecule has 0 spiro atoms. The van der Waals surface area contributed by atoms with Crippen molar-refractivity contribution in [2.24, 2.45) is 0 Å². The van der Waals surface area contributed by atoms with E-state index in [9.17, 15) is 4.79 Å². The van der Waals surface area contributed by atoms with Crippen LogP contribution in [0.3, 0.4) is 0 Å². The first-order valence-corrected chi connectivity index (χ1v) is 7.61. The van der Waals surface area contributed by atoms with Gasteiger partial charge >= 0.3 is 0 Å². The number of benzene rings is 1. The highest BCUT2D eigenvalue weighted by molar-refractivity contribution is 5.75. The second kappa shape index (κ2) is 8.67. The van der Waals surface area contributed by atoms with E-state index in [4.69, 9.17) is 4.74 Å². The SMILES string of the molecule is CNC(=O)CCCOc1c(C)cc(CNC(C)C)cc1C. The molecule has 0 aromatic heterocycles. The third kappa shape index (κ3) is 6.17. The summed E-state index contributed by atoms with van der Waals surface area (Å²) in [4.78, 5) is 11.2. The quantitative estimate of drug-likeness (QED) is 0.724. The Hall–Kier alpha value is -1.55. The molecule has 4 nitrogen and oxygen atoms in total. The van der Waals surface area contributed by atoms with Crippen LogP contribution >= 0.6 is 0 Å². The van der Waals surface area contributed by atoms with Crippen molar-refractivity contribution in [2.75, 3.05) is 13.7 Å². The van der Waals surface area contributed by atoms with Crippen LogP contribution in [0.1, 0.15) is 43.4 Å². The van der Waals surface area contributed by atoms with Crippen molar-refractivity contribution in [3.05, 3.63) is 28.8 Å². The summed E-state index contributed by atoms with van der Waals surface area (Å²) in [5.74, 6) is 1.00. The van der Waals surface area contributed by atoms with Crippen LogP contribution < -0.4 is 15.4 Å². The summed E-state index contributed by atoms with van der Waals surface area (Å²) < 4.78 is 5.84. The lowest BCUT2D eigenvalue weighted by molar-refractivity contribution is -0.120. The molecular formula is C17H28N2O2. The lowest BCUT2D eigenvalue weighted by Crippen LogP contribution is -2.22. The molecule has 1 amide bonds. The van der Waals surface area contributed by atoms with Crippen molar-refractivity contribution in [3.8, 4) is 5.75 Å². The van der Waals surface area contributed by atoms with E-state index < -0.39 is 0 Å². The molecule has 0 fully saturated rings. The lowest BCUT2D eigenvalue weighted by atomic mass is 10.1. The Kier molecular flexibility index (Phi) is 7.23. The maximum atomic E-state index is 11.2. The van der Waals surface area contributed by atoms with Crippen molar-refractivity contribution in [1.82, 2.24) is 10.6 Å². The van der Waals surface area contributed by atoms with Gasteiger partial charge in [0.2, 0.25) is 5.91 Å². The van der Waals surface area contributed by atoms with Crippen molar-refractivity contribution in [3.63, 3.8) is 0 Å². The maximum Gasteiger partial charge on any atom is 0.219 e. The average molecular weight is 292 g/mol. The van der Waals surface area contributed by atoms with Gasteiger partial charge in [0, 0.05) is 26.1 Å². The predicted octanol–water partition coefficient (Wildman–Crippen LogP) is 2.71. The topological polar surface area (TPSA) is 50.4 Å². The van der Waals surface area contributed by atoms with E-state index in [1.807, 2.05) is 0 Å². The molecule has 0 aliphatic rings. The van der Waals surface area contributed by atoms with Crippen LogP contribution in [0.2, 0.25) is 0 Å². The zero-order valence-electron chi connectivity index (χ0n) is 13.9. The molecular weight excluding hydrogens is 264 g/mol. The Morgan fingerprint density at radius 3 is 2.38 bits per heavy atom. The summed E-state index contributed by atoms with van der Waals surface area (Å²) in [6.07, 6.45) is 1.24. The predicted molar refractivity (Wildman–Crippen MR) is 86.7 cm³/mol. The molecule has 0 saturated carbocycles. The summed E-state index contributed by atoms with van der Waals surface area (Å²) in [6, 6.07) is 4.80. The molecule has 1 aromatic carbocycles. The largest absolute Gasteiger partial charge is 0.493 e. The normalized spacial score (nSPS) is 10.8. The number of amides is 1. The number of hydrogen-bond acceptors (Lipinski definition) is 3. The highest BCUT2D eigenvalue weighted by Gasteiger charge is 2.07. The number of aryl methyl sites for hydroxylation is 2. The van der Waals surface area contributed by atoms with Crippen molar-refractivity contribution >= 4 is 5.91 Å². The van der Waals surface area contributed by atoms with Gasteiger partial charge < -0.3 is 15.4 Å². The van der Waals surface area contributed by atoms with E-state index in [-0.39, 0.29) is 5.91 Å². The van der Waals surface area contributed by atoms with E-state index in [1.54, 1.807) is 7.05 Å². The molecule has 2 N–H and O–H groups in total. The second-order valence-corrected chi connectivity index (χ2v) is 5.72. The zero-order chi connectivity index (χ0) is 15.8. The van der Waals surface area contributed by atoms with Crippen LogP contribution in [0.4, 0.5) is 0 Å². The van der Waals surface area contributed by atoms with Crippen LogP contribution in [0.5, 0.6) is 5.75 Å². The molecule has 0 aliphatic carbocycles. The van der Waals surface area contributed by atoms with Crippen LogP contribution in [0.15, 0.2) is 12.1 Å². The summed E-state index contributed by atoms with van der Waals surface area (Å²) >= 11 is 0. The molecule has 0 radical (unpaired) electrons. The molecule has 1 aromatic rings. The molecule has 0 saturated heterocycles. The van der Waals surface area contributed by atoms with Gasteiger partial charge in [-0.15, -0.1) is 0 Å². The fraction of sp³-hybridized carbons (Fsp3) is 0.588. The minimum atomic E-state index is 0.0575. The van der Waals surface area contributed by atoms with Crippen LogP contribution in [0, 0.1) is 13.8 Å². The number of carbonyl (C=O) groups excluding carboxylic acids is 1. The minimum Gasteiger partial charge on any atom is -0.493 e. The summed E-state index contributed by atoms with van der Waals surface area (Å²) in [7, 11) is 1.65. The van der Waals surface area contributed by atoms with Gasteiger partial charge in [-0.2, -0.15) is 0 Å². The number of nitrogens with one attached hydrogen (secondary N) is 2. The molecule has 4 heteroatoms. The molecule has 21 heavy (non-hydrogen) atoms. The second-order valence-electron chi connectivity index (χ2n) is 5.72. The van der Waals surface area contributed by atoms with Gasteiger partial charge in [0.05, 0.1) is 6.61 Å². The van der Waals surface area contributed by atoms with Crippen LogP contribution in [-0.2, 0) is 11.3 Å². The smallest absolute Gasteiger partial charge is 0.219 e. The molecule has 1 rings (SSSR count). The fourth-order valence-electron chi connectivity index (χ4n) is 2.22. The first-order chi connectivity index (χ1) is 9.93. The van der Waals surface area contributed by atoms with Crippen molar-refractivity contribution in [1.29, 1.82) is 0 Å². The molecule has 0 bridgehead atoms. The Bertz CT molecular complexity index is 447. The molecule has 0 heterocycles. The minimum absolute atomic E-state index is 0.0575. The Labute approximate surface area is 128 Å². The van der Waals surface area contributed by atoms with E-state index in [0.29, 0.717) is 19.1 Å². The monoisotopic (exact) mass is 292 g/mol. The number of hydrogen-bond donors (Lipinski definition) is 2. The molecule has 0 atom stereocenters. The standard InChI is InChI=1S/C17H28N2O2/c1-12(2)19-11-15-9-13(3)17(14(4)10-15)21-8-6-7-16(20)18-5/h9-10,12,19H,6-8,11H2,1-5H3,(H,18,20). The Morgan fingerprint density at radius 1 is 1.24 bits per heavy atom. The fourth-order valence-corrected chi connectivity index (χ4v) is 2.22. The summed E-state index contributed by atoms with van der Waals surface area (Å²) in [6.45, 7) is 9.86. The first kappa shape index (κ1) is 17.5. The van der Waals surface area contributed by atoms with E-state index in [0.717, 1.165) is 29.8 Å². The first-order valence-electron chi connectivity index (χ1n) is 7.61. The van der Waals surface area contributed by atoms with E-state index in [2.05, 4.69) is 50.5 Å². The van der Waals surface area contributed by atoms with Gasteiger partial charge in [-0.3, -0.25) is 4.79 Å².